The first-order valence-corrected chi connectivity index (χ1v) is 11.6. The fourth-order valence-electron chi connectivity index (χ4n) is 5.01. The number of benzene rings is 1. The van der Waals surface area contributed by atoms with Crippen LogP contribution >= 0.6 is 0 Å². The van der Waals surface area contributed by atoms with Gasteiger partial charge in [0.05, 0.1) is 11.8 Å². The number of piperidine rings is 1. The summed E-state index contributed by atoms with van der Waals surface area (Å²) in [5.41, 5.74) is 0.0152. The molecule has 2 aliphatic rings. The Morgan fingerprint density at radius 2 is 1.97 bits per heavy atom. The quantitative estimate of drug-likeness (QED) is 0.629. The molecule has 4 amide bonds. The summed E-state index contributed by atoms with van der Waals surface area (Å²) in [6.45, 7) is 3.49. The average molecular weight is 471 g/mol. The lowest BCUT2D eigenvalue weighted by Crippen LogP contribution is -2.58. The van der Waals surface area contributed by atoms with Gasteiger partial charge in [-0.3, -0.25) is 14.5 Å². The number of halogens is 1. The monoisotopic (exact) mass is 470 g/mol. The Bertz CT molecular complexity index is 1080. The molecule has 34 heavy (non-hydrogen) atoms. The van der Waals surface area contributed by atoms with Crippen LogP contribution in [0.15, 0.2) is 41.0 Å². The zero-order valence-electron chi connectivity index (χ0n) is 19.8. The first kappa shape index (κ1) is 23.9. The number of likely N-dealkylation sites (tertiary alicyclic amines) is 1. The predicted octanol–water partition coefficient (Wildman–Crippen LogP) is 2.67. The zero-order chi connectivity index (χ0) is 24.5. The topological polar surface area (TPSA) is 86.1 Å². The summed E-state index contributed by atoms with van der Waals surface area (Å²) in [7, 11) is 3.76. The number of hydrogen-bond acceptors (Lipinski definition) is 5. The summed E-state index contributed by atoms with van der Waals surface area (Å²) in [6, 6.07) is 7.39. The Morgan fingerprint density at radius 3 is 2.59 bits per heavy atom. The number of rotatable bonds is 7. The molecule has 0 aliphatic carbocycles. The predicted molar refractivity (Wildman–Crippen MR) is 124 cm³/mol. The number of nitrogens with zero attached hydrogens (tertiary/aromatic N) is 3. The summed E-state index contributed by atoms with van der Waals surface area (Å²) in [5, 5.41) is 2.99. The van der Waals surface area contributed by atoms with Crippen LogP contribution in [0, 0.1) is 18.7 Å². The van der Waals surface area contributed by atoms with Crippen molar-refractivity contribution in [1.29, 1.82) is 0 Å². The van der Waals surface area contributed by atoms with E-state index in [9.17, 15) is 18.8 Å². The maximum atomic E-state index is 13.9. The number of amides is 4. The minimum absolute atomic E-state index is 0.0988. The lowest BCUT2D eigenvalue weighted by atomic mass is 9.73. The molecule has 2 aliphatic heterocycles. The molecular weight excluding hydrogens is 439 g/mol. The molecule has 1 N–H and O–H groups in total. The molecule has 2 fully saturated rings. The molecule has 0 spiro atoms. The van der Waals surface area contributed by atoms with E-state index < -0.39 is 11.6 Å². The van der Waals surface area contributed by atoms with Gasteiger partial charge >= 0.3 is 6.03 Å². The first-order chi connectivity index (χ1) is 16.2. The van der Waals surface area contributed by atoms with E-state index in [0.717, 1.165) is 0 Å². The number of aryl methyl sites for hydroxylation is 1. The van der Waals surface area contributed by atoms with Crippen LogP contribution in [0.25, 0.3) is 0 Å². The van der Waals surface area contributed by atoms with Gasteiger partial charge in [0, 0.05) is 32.6 Å². The third kappa shape index (κ3) is 4.57. The van der Waals surface area contributed by atoms with Crippen LogP contribution in [0.2, 0.25) is 0 Å². The van der Waals surface area contributed by atoms with Gasteiger partial charge in [-0.05, 0) is 63.5 Å². The number of carbonyl (C=O) groups is 3. The molecule has 182 valence electrons. The molecule has 1 aromatic carbocycles. The van der Waals surface area contributed by atoms with Gasteiger partial charge in [-0.15, -0.1) is 0 Å². The minimum atomic E-state index is -1.17. The molecule has 4 rings (SSSR count). The maximum Gasteiger partial charge on any atom is 0.325 e. The second-order valence-corrected chi connectivity index (χ2v) is 9.43. The van der Waals surface area contributed by atoms with Crippen molar-refractivity contribution in [2.24, 2.45) is 5.92 Å². The highest BCUT2D eigenvalue weighted by molar-refractivity contribution is 6.07. The zero-order valence-corrected chi connectivity index (χ0v) is 19.8. The molecule has 2 saturated heterocycles. The molecule has 1 atom stereocenters. The summed E-state index contributed by atoms with van der Waals surface area (Å²) >= 11 is 0. The van der Waals surface area contributed by atoms with Crippen molar-refractivity contribution in [1.82, 2.24) is 20.0 Å². The van der Waals surface area contributed by atoms with Crippen LogP contribution in [-0.4, -0.2) is 78.4 Å². The van der Waals surface area contributed by atoms with Crippen molar-refractivity contribution in [3.8, 4) is 0 Å². The molecule has 0 saturated carbocycles. The molecule has 0 bridgehead atoms. The van der Waals surface area contributed by atoms with E-state index >= 15 is 0 Å². The second-order valence-electron chi connectivity index (χ2n) is 9.43. The standard InChI is InChI=1S/C25H31FN4O4/c1-17-21(9-14-34-17)22(31)29-10-7-19(8-11-29)25(16-18-5-4-6-20(26)15-18)23(32)30(24(33)27-25)13-12-28(2)3/h4-6,9,14-15,19H,7-8,10-13,16H2,1-3H3,(H,27,33)/t25-/m1/s1. The normalized spacial score (nSPS) is 21.4. The summed E-state index contributed by atoms with van der Waals surface area (Å²) < 4.78 is 19.2. The third-order valence-corrected chi connectivity index (χ3v) is 6.91. The Hall–Kier alpha value is -3.20. The van der Waals surface area contributed by atoms with Gasteiger partial charge in [0.15, 0.2) is 0 Å². The molecule has 8 nitrogen and oxygen atoms in total. The SMILES string of the molecule is Cc1occc1C(=O)N1CCC([C@@]2(Cc3cccc(F)c3)NC(=O)N(CCN(C)C)C2=O)CC1. The number of carbonyl (C=O) groups excluding carboxylic acids is 3. The fourth-order valence-corrected chi connectivity index (χ4v) is 5.01. The Morgan fingerprint density at radius 1 is 1.24 bits per heavy atom. The number of likely N-dealkylation sites (N-methyl/N-ethyl adjacent to an activating group) is 1. The molecule has 1 aromatic heterocycles. The number of imide groups is 1. The Balaban J connectivity index is 1.57. The van der Waals surface area contributed by atoms with Gasteiger partial charge in [-0.2, -0.15) is 0 Å². The van der Waals surface area contributed by atoms with Gasteiger partial charge in [0.25, 0.3) is 11.8 Å². The van der Waals surface area contributed by atoms with Crippen molar-refractivity contribution in [3.05, 3.63) is 59.3 Å². The number of furan rings is 1. The lowest BCUT2D eigenvalue weighted by molar-refractivity contribution is -0.134. The minimum Gasteiger partial charge on any atom is -0.469 e. The third-order valence-electron chi connectivity index (χ3n) is 6.91. The van der Waals surface area contributed by atoms with Gasteiger partial charge < -0.3 is 19.5 Å². The van der Waals surface area contributed by atoms with Crippen LogP contribution < -0.4 is 5.32 Å². The molecular formula is C25H31FN4O4. The first-order valence-electron chi connectivity index (χ1n) is 11.6. The van der Waals surface area contributed by atoms with E-state index in [-0.39, 0.29) is 36.5 Å². The van der Waals surface area contributed by atoms with E-state index in [1.807, 2.05) is 19.0 Å². The largest absolute Gasteiger partial charge is 0.469 e. The smallest absolute Gasteiger partial charge is 0.325 e. The highest BCUT2D eigenvalue weighted by Gasteiger charge is 2.56. The molecule has 0 unspecified atom stereocenters. The summed E-state index contributed by atoms with van der Waals surface area (Å²) in [4.78, 5) is 44.5. The lowest BCUT2D eigenvalue weighted by Gasteiger charge is -2.41. The van der Waals surface area contributed by atoms with E-state index in [2.05, 4.69) is 5.32 Å². The number of hydrogen-bond donors (Lipinski definition) is 1. The van der Waals surface area contributed by atoms with Crippen molar-refractivity contribution in [2.75, 3.05) is 40.3 Å². The van der Waals surface area contributed by atoms with Crippen LogP contribution in [-0.2, 0) is 11.2 Å². The van der Waals surface area contributed by atoms with Gasteiger partial charge in [-0.1, -0.05) is 12.1 Å². The van der Waals surface area contributed by atoms with E-state index in [1.54, 1.807) is 30.0 Å². The van der Waals surface area contributed by atoms with Crippen molar-refractivity contribution in [2.45, 2.75) is 31.7 Å². The Labute approximate surface area is 198 Å². The van der Waals surface area contributed by atoms with E-state index in [4.69, 9.17) is 4.42 Å². The highest BCUT2D eigenvalue weighted by Crippen LogP contribution is 2.37. The summed E-state index contributed by atoms with van der Waals surface area (Å²) in [6.07, 6.45) is 2.79. The van der Waals surface area contributed by atoms with Gasteiger partial charge in [0.1, 0.15) is 17.1 Å². The maximum absolute atomic E-state index is 13.9. The van der Waals surface area contributed by atoms with E-state index in [1.165, 1.54) is 23.3 Å². The molecule has 2 aromatic rings. The summed E-state index contributed by atoms with van der Waals surface area (Å²) in [5.74, 6) is -0.377. The van der Waals surface area contributed by atoms with E-state index in [0.29, 0.717) is 49.4 Å². The average Bonchev–Trinajstić information content (AvgIpc) is 3.33. The van der Waals surface area contributed by atoms with Gasteiger partial charge in [-0.25, -0.2) is 9.18 Å². The highest BCUT2D eigenvalue weighted by atomic mass is 19.1. The second kappa shape index (κ2) is 9.58. The number of urea groups is 1. The fraction of sp³-hybridized carbons (Fsp3) is 0.480. The van der Waals surface area contributed by atoms with Crippen molar-refractivity contribution in [3.63, 3.8) is 0 Å². The number of nitrogens with one attached hydrogen (secondary N) is 1. The van der Waals surface area contributed by atoms with Crippen LogP contribution in [0.4, 0.5) is 9.18 Å². The van der Waals surface area contributed by atoms with Gasteiger partial charge in [0.2, 0.25) is 0 Å². The van der Waals surface area contributed by atoms with Crippen LogP contribution in [0.1, 0.15) is 34.5 Å². The molecule has 3 heterocycles. The van der Waals surface area contributed by atoms with Crippen LogP contribution in [0.5, 0.6) is 0 Å². The van der Waals surface area contributed by atoms with Crippen LogP contribution in [0.3, 0.4) is 0 Å². The Kier molecular flexibility index (Phi) is 6.74. The van der Waals surface area contributed by atoms with Crippen molar-refractivity contribution >= 4 is 17.8 Å². The van der Waals surface area contributed by atoms with Crippen molar-refractivity contribution < 1.29 is 23.2 Å². The molecule has 0 radical (unpaired) electrons. The molecule has 9 heteroatoms.